The normalized spacial score (nSPS) is 11.0. The minimum absolute atomic E-state index is 0.0181. The van der Waals surface area contributed by atoms with Crippen LogP contribution in [0, 0.1) is 25.2 Å². The van der Waals surface area contributed by atoms with Crippen molar-refractivity contribution in [1.29, 1.82) is 5.26 Å². The van der Waals surface area contributed by atoms with Gasteiger partial charge in [-0.2, -0.15) is 5.26 Å². The van der Waals surface area contributed by atoms with E-state index in [0.717, 1.165) is 25.6 Å². The van der Waals surface area contributed by atoms with E-state index in [4.69, 9.17) is 4.74 Å². The molecule has 0 aliphatic rings. The van der Waals surface area contributed by atoms with Crippen molar-refractivity contribution in [2.24, 2.45) is 0 Å². The molecule has 0 atom stereocenters. The molecule has 3 rings (SSSR count). The van der Waals surface area contributed by atoms with Crippen molar-refractivity contribution < 1.29 is 9.53 Å². The number of nitriles is 1. The predicted molar refractivity (Wildman–Crippen MR) is 131 cm³/mol. The van der Waals surface area contributed by atoms with Gasteiger partial charge in [-0.1, -0.05) is 58.4 Å². The predicted octanol–water partition coefficient (Wildman–Crippen LogP) is 6.95. The molecule has 0 saturated heterocycles. The fraction of sp³-hybridized carbons (Fsp3) is 0.120. The Bertz CT molecular complexity index is 1180. The van der Waals surface area contributed by atoms with Crippen molar-refractivity contribution in [3.05, 3.63) is 97.4 Å². The van der Waals surface area contributed by atoms with Crippen LogP contribution >= 0.6 is 31.9 Å². The summed E-state index contributed by atoms with van der Waals surface area (Å²) in [5.74, 6) is 0.0839. The van der Waals surface area contributed by atoms with Gasteiger partial charge in [0.25, 0.3) is 5.91 Å². The maximum Gasteiger partial charge on any atom is 0.266 e. The fourth-order valence-electron chi connectivity index (χ4n) is 2.95. The second kappa shape index (κ2) is 10.4. The van der Waals surface area contributed by atoms with Crippen molar-refractivity contribution in [2.45, 2.75) is 20.5 Å². The first kappa shape index (κ1) is 22.8. The Hall–Kier alpha value is -2.88. The van der Waals surface area contributed by atoms with E-state index in [9.17, 15) is 10.1 Å². The Morgan fingerprint density at radius 1 is 1.10 bits per heavy atom. The van der Waals surface area contributed by atoms with E-state index < -0.39 is 5.91 Å². The highest BCUT2D eigenvalue weighted by Crippen LogP contribution is 2.35. The first-order valence-corrected chi connectivity index (χ1v) is 11.1. The third kappa shape index (κ3) is 5.84. The Morgan fingerprint density at radius 2 is 1.84 bits per heavy atom. The molecule has 0 fully saturated rings. The van der Waals surface area contributed by atoms with Gasteiger partial charge in [-0.05, 0) is 70.7 Å². The van der Waals surface area contributed by atoms with Gasteiger partial charge >= 0.3 is 0 Å². The van der Waals surface area contributed by atoms with E-state index >= 15 is 0 Å². The summed E-state index contributed by atoms with van der Waals surface area (Å²) < 4.78 is 7.55. The summed E-state index contributed by atoms with van der Waals surface area (Å²) in [6, 6.07) is 21.1. The molecular formula is C25H20Br2N2O2. The van der Waals surface area contributed by atoms with E-state index in [-0.39, 0.29) is 5.57 Å². The highest BCUT2D eigenvalue weighted by molar-refractivity contribution is 9.11. The van der Waals surface area contributed by atoms with Crippen molar-refractivity contribution >= 4 is 49.5 Å². The zero-order valence-electron chi connectivity index (χ0n) is 17.1. The molecule has 0 radical (unpaired) electrons. The second-order valence-electron chi connectivity index (χ2n) is 6.95. The van der Waals surface area contributed by atoms with Gasteiger partial charge in [-0.15, -0.1) is 0 Å². The number of hydrogen-bond donors (Lipinski definition) is 1. The summed E-state index contributed by atoms with van der Waals surface area (Å²) >= 11 is 6.99. The largest absolute Gasteiger partial charge is 0.487 e. The van der Waals surface area contributed by atoms with Crippen LogP contribution in [0.3, 0.4) is 0 Å². The molecule has 31 heavy (non-hydrogen) atoms. The molecule has 3 aromatic rings. The quantitative estimate of drug-likeness (QED) is 0.272. The highest BCUT2D eigenvalue weighted by atomic mass is 79.9. The van der Waals surface area contributed by atoms with Gasteiger partial charge in [0.05, 0.1) is 4.47 Å². The van der Waals surface area contributed by atoms with Crippen molar-refractivity contribution in [3.63, 3.8) is 0 Å². The minimum atomic E-state index is -0.471. The Labute approximate surface area is 198 Å². The number of nitrogens with one attached hydrogen (secondary N) is 1. The van der Waals surface area contributed by atoms with Gasteiger partial charge in [0.1, 0.15) is 24.0 Å². The molecule has 0 unspecified atom stereocenters. The van der Waals surface area contributed by atoms with Crippen LogP contribution in [-0.4, -0.2) is 5.91 Å². The maximum absolute atomic E-state index is 12.8. The molecule has 6 heteroatoms. The van der Waals surface area contributed by atoms with Crippen molar-refractivity contribution in [2.75, 3.05) is 5.32 Å². The highest BCUT2D eigenvalue weighted by Gasteiger charge is 2.15. The van der Waals surface area contributed by atoms with Crippen LogP contribution in [0.5, 0.6) is 5.75 Å². The standard InChI is InChI=1S/C25H20Br2N2O2/c1-16-7-6-10-23(17(16)2)29-25(30)20(14-28)11-19-12-21(26)13-22(27)24(19)31-15-18-8-4-3-5-9-18/h3-13H,15H2,1-2H3,(H,29,30)/b20-11+. The summed E-state index contributed by atoms with van der Waals surface area (Å²) in [5, 5.41) is 12.5. The molecule has 156 valence electrons. The Morgan fingerprint density at radius 3 is 2.55 bits per heavy atom. The number of aryl methyl sites for hydroxylation is 1. The molecule has 0 saturated carbocycles. The molecule has 0 aliphatic heterocycles. The fourth-order valence-corrected chi connectivity index (χ4v) is 4.32. The van der Waals surface area contributed by atoms with Gasteiger partial charge in [-0.25, -0.2) is 0 Å². The van der Waals surface area contributed by atoms with Crippen LogP contribution in [0.4, 0.5) is 5.69 Å². The van der Waals surface area contributed by atoms with Crippen LogP contribution in [0.1, 0.15) is 22.3 Å². The molecule has 0 heterocycles. The van der Waals surface area contributed by atoms with E-state index in [1.807, 2.05) is 80.6 Å². The third-order valence-electron chi connectivity index (χ3n) is 4.78. The summed E-state index contributed by atoms with van der Waals surface area (Å²) in [7, 11) is 0. The van der Waals surface area contributed by atoms with E-state index in [1.54, 1.807) is 0 Å². The van der Waals surface area contributed by atoms with Crippen LogP contribution < -0.4 is 10.1 Å². The van der Waals surface area contributed by atoms with E-state index in [0.29, 0.717) is 23.6 Å². The summed E-state index contributed by atoms with van der Waals surface area (Å²) in [4.78, 5) is 12.8. The first-order chi connectivity index (χ1) is 14.9. The van der Waals surface area contributed by atoms with E-state index in [2.05, 4.69) is 37.2 Å². The molecule has 1 N–H and O–H groups in total. The van der Waals surface area contributed by atoms with Gasteiger partial charge in [-0.3, -0.25) is 4.79 Å². The van der Waals surface area contributed by atoms with Gasteiger partial charge in [0.2, 0.25) is 0 Å². The second-order valence-corrected chi connectivity index (χ2v) is 8.72. The number of carbonyl (C=O) groups excluding carboxylic acids is 1. The number of benzene rings is 3. The lowest BCUT2D eigenvalue weighted by atomic mass is 10.1. The minimum Gasteiger partial charge on any atom is -0.487 e. The SMILES string of the molecule is Cc1cccc(NC(=O)/C(C#N)=C/c2cc(Br)cc(Br)c2OCc2ccccc2)c1C. The lowest BCUT2D eigenvalue weighted by molar-refractivity contribution is -0.112. The molecule has 1 amide bonds. The van der Waals surface area contributed by atoms with Gasteiger partial charge in [0.15, 0.2) is 0 Å². The van der Waals surface area contributed by atoms with Crippen LogP contribution in [0.25, 0.3) is 6.08 Å². The van der Waals surface area contributed by atoms with E-state index in [1.165, 1.54) is 6.08 Å². The van der Waals surface area contributed by atoms with Crippen LogP contribution in [0.2, 0.25) is 0 Å². The number of halogens is 2. The molecule has 0 aliphatic carbocycles. The summed E-state index contributed by atoms with van der Waals surface area (Å²) in [6.07, 6.45) is 1.54. The Kier molecular flexibility index (Phi) is 7.67. The summed E-state index contributed by atoms with van der Waals surface area (Å²) in [6.45, 7) is 4.27. The number of ether oxygens (including phenoxy) is 1. The monoisotopic (exact) mass is 538 g/mol. The third-order valence-corrected chi connectivity index (χ3v) is 5.83. The molecular weight excluding hydrogens is 520 g/mol. The lowest BCUT2D eigenvalue weighted by Crippen LogP contribution is -2.14. The lowest BCUT2D eigenvalue weighted by Gasteiger charge is -2.13. The topological polar surface area (TPSA) is 62.1 Å². The molecule has 4 nitrogen and oxygen atoms in total. The molecule has 0 bridgehead atoms. The molecule has 3 aromatic carbocycles. The molecule has 0 spiro atoms. The smallest absolute Gasteiger partial charge is 0.266 e. The number of anilines is 1. The zero-order chi connectivity index (χ0) is 22.4. The number of hydrogen-bond acceptors (Lipinski definition) is 3. The number of rotatable bonds is 6. The first-order valence-electron chi connectivity index (χ1n) is 9.54. The van der Waals surface area contributed by atoms with Gasteiger partial charge in [0, 0.05) is 15.7 Å². The van der Waals surface area contributed by atoms with Gasteiger partial charge < -0.3 is 10.1 Å². The summed E-state index contributed by atoms with van der Waals surface area (Å²) in [5.41, 5.74) is 4.32. The maximum atomic E-state index is 12.8. The van der Waals surface area contributed by atoms with Crippen LogP contribution in [-0.2, 0) is 11.4 Å². The Balaban J connectivity index is 1.91. The molecule has 0 aromatic heterocycles. The van der Waals surface area contributed by atoms with Crippen molar-refractivity contribution in [3.8, 4) is 11.8 Å². The number of carbonyl (C=O) groups is 1. The average molecular weight is 540 g/mol. The zero-order valence-corrected chi connectivity index (χ0v) is 20.2. The number of nitrogens with zero attached hydrogens (tertiary/aromatic N) is 1. The van der Waals surface area contributed by atoms with Crippen molar-refractivity contribution in [1.82, 2.24) is 0 Å². The van der Waals surface area contributed by atoms with Crippen LogP contribution in [0.15, 0.2) is 75.2 Å². The number of amides is 1. The average Bonchev–Trinajstić information content (AvgIpc) is 2.75.